The second kappa shape index (κ2) is 11.4. The van der Waals surface area contributed by atoms with Gasteiger partial charge in [-0.15, -0.1) is 0 Å². The van der Waals surface area contributed by atoms with E-state index >= 15 is 0 Å². The van der Waals surface area contributed by atoms with Crippen LogP contribution in [0.1, 0.15) is 32.1 Å². The Kier molecular flexibility index (Phi) is 9.84. The maximum Gasteiger partial charge on any atom is 0.249 e. The van der Waals surface area contributed by atoms with Crippen molar-refractivity contribution in [2.45, 2.75) is 38.1 Å². The average Bonchev–Trinajstić information content (AvgIpc) is 2.55. The van der Waals surface area contributed by atoms with Crippen LogP contribution < -0.4 is 0 Å². The molecule has 126 valence electrons. The lowest BCUT2D eigenvalue weighted by Crippen LogP contribution is -2.43. The number of rotatable bonds is 8. The van der Waals surface area contributed by atoms with E-state index in [0.717, 1.165) is 25.7 Å². The van der Waals surface area contributed by atoms with Gasteiger partial charge in [-0.25, -0.2) is 0 Å². The Morgan fingerprint density at radius 1 is 0.955 bits per heavy atom. The van der Waals surface area contributed by atoms with Crippen LogP contribution in [-0.2, 0) is 4.79 Å². The Balaban J connectivity index is 2.52. The van der Waals surface area contributed by atoms with Gasteiger partial charge in [0.2, 0.25) is 5.91 Å². The second-order valence-corrected chi connectivity index (χ2v) is 5.55. The second-order valence-electron chi connectivity index (χ2n) is 5.55. The van der Waals surface area contributed by atoms with E-state index in [1.165, 1.54) is 6.42 Å². The molecule has 1 amide bonds. The van der Waals surface area contributed by atoms with Crippen molar-refractivity contribution < 1.29 is 20.1 Å². The standard InChI is InChI=1S/C16H28N2O4/c19-12-10-17(11-13-20)8-4-5-9-18(16(22)14-21)15-6-2-1-3-7-15/h15,19-21H,1-3,6-14H2. The number of hydrogen-bond acceptors (Lipinski definition) is 5. The Morgan fingerprint density at radius 2 is 1.55 bits per heavy atom. The van der Waals surface area contributed by atoms with Gasteiger partial charge in [-0.05, 0) is 12.8 Å². The minimum Gasteiger partial charge on any atom is -0.395 e. The Morgan fingerprint density at radius 3 is 2.09 bits per heavy atom. The zero-order valence-corrected chi connectivity index (χ0v) is 13.2. The summed E-state index contributed by atoms with van der Waals surface area (Å²) in [7, 11) is 0. The number of carbonyl (C=O) groups is 1. The molecule has 0 radical (unpaired) electrons. The summed E-state index contributed by atoms with van der Waals surface area (Å²) < 4.78 is 0. The van der Waals surface area contributed by atoms with E-state index in [-0.39, 0.29) is 25.2 Å². The Bertz CT molecular complexity index is 366. The van der Waals surface area contributed by atoms with Crippen LogP contribution in [0.15, 0.2) is 0 Å². The van der Waals surface area contributed by atoms with Crippen molar-refractivity contribution in [3.05, 3.63) is 0 Å². The highest BCUT2D eigenvalue weighted by Crippen LogP contribution is 2.22. The summed E-state index contributed by atoms with van der Waals surface area (Å²) in [4.78, 5) is 15.4. The van der Waals surface area contributed by atoms with Crippen molar-refractivity contribution in [1.29, 1.82) is 0 Å². The van der Waals surface area contributed by atoms with Crippen LogP contribution in [0.25, 0.3) is 0 Å². The molecule has 0 unspecified atom stereocenters. The van der Waals surface area contributed by atoms with E-state index < -0.39 is 6.61 Å². The van der Waals surface area contributed by atoms with Crippen molar-refractivity contribution in [3.63, 3.8) is 0 Å². The zero-order chi connectivity index (χ0) is 16.2. The van der Waals surface area contributed by atoms with E-state index in [0.29, 0.717) is 26.2 Å². The normalized spacial score (nSPS) is 15.5. The highest BCUT2D eigenvalue weighted by Gasteiger charge is 2.23. The first-order valence-electron chi connectivity index (χ1n) is 8.03. The summed E-state index contributed by atoms with van der Waals surface area (Å²) in [5.41, 5.74) is 0. The number of hydrogen-bond donors (Lipinski definition) is 3. The molecule has 1 fully saturated rings. The molecule has 0 atom stereocenters. The van der Waals surface area contributed by atoms with E-state index in [2.05, 4.69) is 11.8 Å². The van der Waals surface area contributed by atoms with Gasteiger partial charge in [-0.1, -0.05) is 31.1 Å². The predicted octanol–water partition coefficient (Wildman–Crippen LogP) is -0.570. The fourth-order valence-electron chi connectivity index (χ4n) is 2.77. The van der Waals surface area contributed by atoms with Crippen LogP contribution >= 0.6 is 0 Å². The molecule has 1 aliphatic rings. The lowest BCUT2D eigenvalue weighted by atomic mass is 9.94. The summed E-state index contributed by atoms with van der Waals surface area (Å²) in [6.45, 7) is 1.30. The molecular formula is C16H28N2O4. The lowest BCUT2D eigenvalue weighted by Gasteiger charge is -2.32. The van der Waals surface area contributed by atoms with Crippen LogP contribution in [0.3, 0.4) is 0 Å². The van der Waals surface area contributed by atoms with Gasteiger partial charge in [0, 0.05) is 19.1 Å². The largest absolute Gasteiger partial charge is 0.395 e. The van der Waals surface area contributed by atoms with Gasteiger partial charge in [0.25, 0.3) is 0 Å². The van der Waals surface area contributed by atoms with Crippen LogP contribution in [0.4, 0.5) is 0 Å². The molecular weight excluding hydrogens is 284 g/mol. The number of aliphatic hydroxyl groups is 3. The third-order valence-electron chi connectivity index (χ3n) is 3.98. The summed E-state index contributed by atoms with van der Waals surface area (Å²) >= 11 is 0. The number of amides is 1. The van der Waals surface area contributed by atoms with Crippen molar-refractivity contribution in [3.8, 4) is 11.8 Å². The fraction of sp³-hybridized carbons (Fsp3) is 0.812. The maximum atomic E-state index is 11.9. The monoisotopic (exact) mass is 312 g/mol. The topological polar surface area (TPSA) is 84.2 Å². The first-order valence-corrected chi connectivity index (χ1v) is 8.03. The molecule has 0 aromatic rings. The molecule has 6 nitrogen and oxygen atoms in total. The van der Waals surface area contributed by atoms with E-state index in [1.807, 2.05) is 4.90 Å². The van der Waals surface area contributed by atoms with Gasteiger partial charge in [0.1, 0.15) is 6.61 Å². The molecule has 1 saturated carbocycles. The molecule has 0 heterocycles. The molecule has 22 heavy (non-hydrogen) atoms. The minimum atomic E-state index is -0.473. The SMILES string of the molecule is O=C(CO)N(CC#CCN(CCO)CCO)C1CCCCC1. The molecule has 0 bridgehead atoms. The molecule has 0 aromatic heterocycles. The molecule has 0 spiro atoms. The first kappa shape index (κ1) is 18.9. The molecule has 6 heteroatoms. The molecule has 0 aromatic carbocycles. The maximum absolute atomic E-state index is 11.9. The van der Waals surface area contributed by atoms with Crippen molar-refractivity contribution in [1.82, 2.24) is 9.80 Å². The van der Waals surface area contributed by atoms with Crippen LogP contribution in [0.2, 0.25) is 0 Å². The highest BCUT2D eigenvalue weighted by molar-refractivity contribution is 5.77. The van der Waals surface area contributed by atoms with Crippen molar-refractivity contribution >= 4 is 5.91 Å². The molecule has 1 aliphatic carbocycles. The zero-order valence-electron chi connectivity index (χ0n) is 13.2. The first-order chi connectivity index (χ1) is 10.7. The van der Waals surface area contributed by atoms with E-state index in [1.54, 1.807) is 4.90 Å². The van der Waals surface area contributed by atoms with E-state index in [4.69, 9.17) is 15.3 Å². The Hall–Kier alpha value is -1.13. The van der Waals surface area contributed by atoms with Crippen LogP contribution in [-0.4, -0.2) is 83.1 Å². The minimum absolute atomic E-state index is 0.0267. The smallest absolute Gasteiger partial charge is 0.249 e. The van der Waals surface area contributed by atoms with Gasteiger partial charge < -0.3 is 20.2 Å². The molecule has 0 saturated heterocycles. The van der Waals surface area contributed by atoms with Gasteiger partial charge in [0.05, 0.1) is 26.3 Å². The molecule has 1 rings (SSSR count). The third-order valence-corrected chi connectivity index (χ3v) is 3.98. The van der Waals surface area contributed by atoms with Crippen molar-refractivity contribution in [2.24, 2.45) is 0 Å². The van der Waals surface area contributed by atoms with Crippen LogP contribution in [0.5, 0.6) is 0 Å². The molecule has 3 N–H and O–H groups in total. The van der Waals surface area contributed by atoms with Crippen molar-refractivity contribution in [2.75, 3.05) is 46.0 Å². The summed E-state index contributed by atoms with van der Waals surface area (Å²) in [6, 6.07) is 0.189. The predicted molar refractivity (Wildman–Crippen MR) is 84.1 cm³/mol. The number of aliphatic hydroxyl groups excluding tert-OH is 3. The van der Waals surface area contributed by atoms with E-state index in [9.17, 15) is 4.79 Å². The number of carbonyl (C=O) groups excluding carboxylic acids is 1. The Labute approximate surface area is 132 Å². The number of nitrogens with zero attached hydrogens (tertiary/aromatic N) is 2. The molecule has 0 aliphatic heterocycles. The third kappa shape index (κ3) is 6.75. The lowest BCUT2D eigenvalue weighted by molar-refractivity contribution is -0.136. The summed E-state index contributed by atoms with van der Waals surface area (Å²) in [5.74, 6) is 5.71. The quantitative estimate of drug-likeness (QED) is 0.523. The summed E-state index contributed by atoms with van der Waals surface area (Å²) in [6.07, 6.45) is 5.41. The average molecular weight is 312 g/mol. The van der Waals surface area contributed by atoms with Gasteiger partial charge in [-0.2, -0.15) is 0 Å². The van der Waals surface area contributed by atoms with Crippen LogP contribution in [0, 0.1) is 11.8 Å². The highest BCUT2D eigenvalue weighted by atomic mass is 16.3. The fourth-order valence-corrected chi connectivity index (χ4v) is 2.77. The van der Waals surface area contributed by atoms with Gasteiger partial charge in [-0.3, -0.25) is 9.69 Å². The van der Waals surface area contributed by atoms with Gasteiger partial charge in [0.15, 0.2) is 0 Å². The summed E-state index contributed by atoms with van der Waals surface area (Å²) in [5, 5.41) is 27.0. The van der Waals surface area contributed by atoms with Gasteiger partial charge >= 0.3 is 0 Å².